The molecule has 2 aromatic rings. The van der Waals surface area contributed by atoms with Crippen LogP contribution < -0.4 is 10.2 Å². The number of carbonyl (C=O) groups is 1. The van der Waals surface area contributed by atoms with Crippen molar-refractivity contribution in [3.8, 4) is 0 Å². The number of carbonyl (C=O) groups excluding carboxylic acids is 1. The van der Waals surface area contributed by atoms with Crippen molar-refractivity contribution in [2.75, 3.05) is 24.7 Å². The zero-order chi connectivity index (χ0) is 22.3. The van der Waals surface area contributed by atoms with Crippen LogP contribution in [0.25, 0.3) is 0 Å². The van der Waals surface area contributed by atoms with Crippen molar-refractivity contribution in [2.24, 2.45) is 0 Å². The summed E-state index contributed by atoms with van der Waals surface area (Å²) >= 11 is 0. The van der Waals surface area contributed by atoms with Crippen molar-refractivity contribution in [1.29, 1.82) is 0 Å². The zero-order valence-corrected chi connectivity index (χ0v) is 18.0. The summed E-state index contributed by atoms with van der Waals surface area (Å²) < 4.78 is 41.2. The Morgan fingerprint density at radius 2 is 1.53 bits per heavy atom. The number of piperidine rings is 1. The molecule has 2 heterocycles. The highest BCUT2D eigenvalue weighted by molar-refractivity contribution is 5.93. The Morgan fingerprint density at radius 3 is 2.22 bits per heavy atom. The van der Waals surface area contributed by atoms with Gasteiger partial charge >= 0.3 is 0 Å². The van der Waals surface area contributed by atoms with Crippen LogP contribution in [0.2, 0.25) is 0 Å². The van der Waals surface area contributed by atoms with Gasteiger partial charge in [0.2, 0.25) is 5.91 Å². The molecule has 2 aromatic carbocycles. The number of anilines is 1. The normalized spacial score (nSPS) is 25.8. The van der Waals surface area contributed by atoms with Crippen molar-refractivity contribution in [3.63, 3.8) is 0 Å². The first-order valence-corrected chi connectivity index (χ1v) is 11.5. The van der Waals surface area contributed by atoms with E-state index in [0.717, 1.165) is 56.1 Å². The molecule has 3 aliphatic rings. The third kappa shape index (κ3) is 3.76. The van der Waals surface area contributed by atoms with Gasteiger partial charge in [0.1, 0.15) is 23.0 Å². The minimum Gasteiger partial charge on any atom is -0.339 e. The molecule has 7 heteroatoms. The van der Waals surface area contributed by atoms with Crippen LogP contribution in [-0.4, -0.2) is 42.1 Å². The third-order valence-electron chi connectivity index (χ3n) is 7.61. The van der Waals surface area contributed by atoms with Crippen LogP contribution in [0.15, 0.2) is 42.5 Å². The molecule has 3 fully saturated rings. The van der Waals surface area contributed by atoms with Gasteiger partial charge in [-0.15, -0.1) is 0 Å². The van der Waals surface area contributed by atoms with E-state index in [2.05, 4.69) is 15.1 Å². The smallest absolute Gasteiger partial charge is 0.247 e. The Morgan fingerprint density at radius 1 is 0.875 bits per heavy atom. The first-order valence-electron chi connectivity index (χ1n) is 11.5. The number of amides is 1. The summed E-state index contributed by atoms with van der Waals surface area (Å²) in [6.45, 7) is 1.90. The SMILES string of the molecule is O=C1NCN(c2ccc(F)cc2)C12CCN(C1CCCCC1c1cc(F)cc(F)c1)CC2. The van der Waals surface area contributed by atoms with Crippen LogP contribution in [-0.2, 0) is 4.79 Å². The van der Waals surface area contributed by atoms with Gasteiger partial charge < -0.3 is 10.2 Å². The molecule has 2 unspecified atom stereocenters. The maximum absolute atomic E-state index is 13.9. The molecule has 2 atom stereocenters. The fourth-order valence-electron chi connectivity index (χ4n) is 6.00. The summed E-state index contributed by atoms with van der Waals surface area (Å²) in [5.41, 5.74) is 0.937. The fraction of sp³-hybridized carbons (Fsp3) is 0.480. The molecule has 1 saturated carbocycles. The van der Waals surface area contributed by atoms with E-state index in [4.69, 9.17) is 0 Å². The van der Waals surface area contributed by atoms with E-state index in [9.17, 15) is 18.0 Å². The molecule has 1 spiro atoms. The highest BCUT2D eigenvalue weighted by Gasteiger charge is 2.51. The van der Waals surface area contributed by atoms with Gasteiger partial charge in [0.25, 0.3) is 0 Å². The average Bonchev–Trinajstić information content (AvgIpc) is 3.10. The first kappa shape index (κ1) is 21.3. The number of rotatable bonds is 3. The molecule has 1 amide bonds. The lowest BCUT2D eigenvalue weighted by molar-refractivity contribution is -0.125. The van der Waals surface area contributed by atoms with Crippen molar-refractivity contribution in [1.82, 2.24) is 10.2 Å². The molecule has 0 radical (unpaired) electrons. The van der Waals surface area contributed by atoms with E-state index in [0.29, 0.717) is 19.5 Å². The molecular formula is C25H28F3N3O. The van der Waals surface area contributed by atoms with E-state index < -0.39 is 17.2 Å². The summed E-state index contributed by atoms with van der Waals surface area (Å²) in [5.74, 6) is -1.24. The van der Waals surface area contributed by atoms with Crippen LogP contribution in [0.4, 0.5) is 18.9 Å². The number of hydrogen-bond acceptors (Lipinski definition) is 3. The topological polar surface area (TPSA) is 35.6 Å². The Kier molecular flexibility index (Phi) is 5.61. The molecule has 0 aromatic heterocycles. The fourth-order valence-corrected chi connectivity index (χ4v) is 6.00. The lowest BCUT2D eigenvalue weighted by Crippen LogP contribution is -2.58. The third-order valence-corrected chi connectivity index (χ3v) is 7.61. The van der Waals surface area contributed by atoms with Gasteiger partial charge in [-0.1, -0.05) is 12.8 Å². The zero-order valence-electron chi connectivity index (χ0n) is 18.0. The van der Waals surface area contributed by atoms with Crippen LogP contribution in [0, 0.1) is 17.5 Å². The minimum atomic E-state index is -0.635. The second-order valence-electron chi connectivity index (χ2n) is 9.30. The standard InChI is InChI=1S/C25H28F3N3O/c26-18-5-7-21(8-6-18)31-16-29-24(32)25(31)9-11-30(12-10-25)23-4-2-1-3-22(23)17-13-19(27)15-20(28)14-17/h5-8,13-15,22-23H,1-4,9-12,16H2,(H,29,32). The second-order valence-corrected chi connectivity index (χ2v) is 9.30. The monoisotopic (exact) mass is 443 g/mol. The molecule has 2 aliphatic heterocycles. The average molecular weight is 444 g/mol. The molecule has 5 rings (SSSR count). The van der Waals surface area contributed by atoms with Crippen LogP contribution in [0.5, 0.6) is 0 Å². The highest BCUT2D eigenvalue weighted by Crippen LogP contribution is 2.41. The molecule has 32 heavy (non-hydrogen) atoms. The predicted octanol–water partition coefficient (Wildman–Crippen LogP) is 4.56. The first-order chi connectivity index (χ1) is 15.5. The second kappa shape index (κ2) is 8.43. The van der Waals surface area contributed by atoms with Gasteiger partial charge in [-0.3, -0.25) is 9.69 Å². The Labute approximate surface area is 186 Å². The van der Waals surface area contributed by atoms with E-state index in [1.54, 1.807) is 12.1 Å². The van der Waals surface area contributed by atoms with Gasteiger partial charge in [0, 0.05) is 30.9 Å². The van der Waals surface area contributed by atoms with Crippen LogP contribution in [0.3, 0.4) is 0 Å². The number of benzene rings is 2. The molecule has 2 saturated heterocycles. The van der Waals surface area contributed by atoms with Crippen molar-refractivity contribution >= 4 is 11.6 Å². The van der Waals surface area contributed by atoms with Crippen molar-refractivity contribution in [3.05, 3.63) is 65.5 Å². The minimum absolute atomic E-state index is 0.0221. The predicted molar refractivity (Wildman–Crippen MR) is 117 cm³/mol. The van der Waals surface area contributed by atoms with E-state index in [1.807, 2.05) is 0 Å². The molecule has 4 nitrogen and oxygen atoms in total. The van der Waals surface area contributed by atoms with Crippen LogP contribution >= 0.6 is 0 Å². The van der Waals surface area contributed by atoms with E-state index in [1.165, 1.54) is 24.3 Å². The number of likely N-dealkylation sites (tertiary alicyclic amines) is 1. The number of nitrogens with zero attached hydrogens (tertiary/aromatic N) is 2. The highest BCUT2D eigenvalue weighted by atomic mass is 19.1. The Balaban J connectivity index is 1.35. The van der Waals surface area contributed by atoms with E-state index >= 15 is 0 Å². The number of hydrogen-bond donors (Lipinski definition) is 1. The maximum atomic E-state index is 13.9. The molecular weight excluding hydrogens is 415 g/mol. The van der Waals surface area contributed by atoms with E-state index in [-0.39, 0.29) is 23.7 Å². The summed E-state index contributed by atoms with van der Waals surface area (Å²) in [4.78, 5) is 17.4. The molecule has 1 N–H and O–H groups in total. The van der Waals surface area contributed by atoms with Crippen LogP contribution in [0.1, 0.15) is 50.0 Å². The van der Waals surface area contributed by atoms with Gasteiger partial charge in [-0.25, -0.2) is 13.2 Å². The lowest BCUT2D eigenvalue weighted by Gasteiger charge is -2.48. The number of halogens is 3. The quantitative estimate of drug-likeness (QED) is 0.756. The summed E-state index contributed by atoms with van der Waals surface area (Å²) in [7, 11) is 0. The lowest BCUT2D eigenvalue weighted by atomic mass is 9.77. The maximum Gasteiger partial charge on any atom is 0.247 e. The largest absolute Gasteiger partial charge is 0.339 e. The summed E-state index contributed by atoms with van der Waals surface area (Å²) in [6, 6.07) is 10.4. The van der Waals surface area contributed by atoms with Gasteiger partial charge in [-0.05, 0) is 73.6 Å². The number of nitrogens with one attached hydrogen (secondary N) is 1. The Hall–Kier alpha value is -2.54. The summed E-state index contributed by atoms with van der Waals surface area (Å²) in [5, 5.41) is 2.98. The molecule has 1 aliphatic carbocycles. The van der Waals surface area contributed by atoms with Gasteiger partial charge in [0.15, 0.2) is 0 Å². The Bertz CT molecular complexity index is 968. The van der Waals surface area contributed by atoms with Gasteiger partial charge in [-0.2, -0.15) is 0 Å². The van der Waals surface area contributed by atoms with Gasteiger partial charge in [0.05, 0.1) is 6.67 Å². The molecule has 0 bridgehead atoms. The molecule has 170 valence electrons. The van der Waals surface area contributed by atoms with Crippen molar-refractivity contribution in [2.45, 2.75) is 56.0 Å². The summed E-state index contributed by atoms with van der Waals surface area (Å²) in [6.07, 6.45) is 5.38. The van der Waals surface area contributed by atoms with Crippen molar-refractivity contribution < 1.29 is 18.0 Å².